The molecular weight excluding hydrogens is 234 g/mol. The van der Waals surface area contributed by atoms with Crippen LogP contribution in [0.5, 0.6) is 0 Å². The van der Waals surface area contributed by atoms with E-state index in [9.17, 15) is 0 Å². The lowest BCUT2D eigenvalue weighted by Gasteiger charge is -2.38. The molecule has 0 aliphatic carbocycles. The van der Waals surface area contributed by atoms with E-state index in [2.05, 4.69) is 30.9 Å². The smallest absolute Gasteiger partial charge is 0.0621 e. The minimum Gasteiger partial charge on any atom is -0.380 e. The Labute approximate surface area is 116 Å². The fourth-order valence-electron chi connectivity index (χ4n) is 3.62. The SMILES string of the molecule is CCc1ccc2c(c1C)CCN(C1CCCOC1)C2. The van der Waals surface area contributed by atoms with E-state index in [1.54, 1.807) is 16.7 Å². The Hall–Kier alpha value is -0.860. The highest BCUT2D eigenvalue weighted by molar-refractivity contribution is 5.41. The van der Waals surface area contributed by atoms with Crippen molar-refractivity contribution in [2.75, 3.05) is 19.8 Å². The van der Waals surface area contributed by atoms with Gasteiger partial charge >= 0.3 is 0 Å². The van der Waals surface area contributed by atoms with Crippen LogP contribution in [-0.4, -0.2) is 30.7 Å². The molecule has 0 N–H and O–H groups in total. The van der Waals surface area contributed by atoms with Gasteiger partial charge in [0.2, 0.25) is 0 Å². The van der Waals surface area contributed by atoms with E-state index in [4.69, 9.17) is 4.74 Å². The zero-order valence-corrected chi connectivity index (χ0v) is 12.2. The van der Waals surface area contributed by atoms with Gasteiger partial charge in [0.1, 0.15) is 0 Å². The lowest BCUT2D eigenvalue weighted by atomic mass is 9.90. The summed E-state index contributed by atoms with van der Waals surface area (Å²) in [5.41, 5.74) is 6.23. The Balaban J connectivity index is 1.78. The van der Waals surface area contributed by atoms with Crippen molar-refractivity contribution >= 4 is 0 Å². The van der Waals surface area contributed by atoms with Crippen LogP contribution in [-0.2, 0) is 24.1 Å². The molecule has 1 saturated heterocycles. The van der Waals surface area contributed by atoms with Crippen LogP contribution in [0.2, 0.25) is 0 Å². The first kappa shape index (κ1) is 13.1. The topological polar surface area (TPSA) is 12.5 Å². The van der Waals surface area contributed by atoms with Crippen LogP contribution in [0.1, 0.15) is 42.0 Å². The molecule has 19 heavy (non-hydrogen) atoms. The lowest BCUT2D eigenvalue weighted by Crippen LogP contribution is -2.43. The number of ether oxygens (including phenoxy) is 1. The van der Waals surface area contributed by atoms with Gasteiger partial charge < -0.3 is 4.74 Å². The maximum absolute atomic E-state index is 5.64. The van der Waals surface area contributed by atoms with Gasteiger partial charge in [-0.15, -0.1) is 0 Å². The molecule has 0 aromatic heterocycles. The Bertz CT molecular complexity index is 449. The standard InChI is InChI=1S/C17H25NO/c1-3-14-6-7-15-11-18(9-8-17(15)13(14)2)16-5-4-10-19-12-16/h6-7,16H,3-5,8-12H2,1-2H3. The third-order valence-corrected chi connectivity index (χ3v) is 4.86. The number of rotatable bonds is 2. The van der Waals surface area contributed by atoms with Crippen LogP contribution in [0.25, 0.3) is 0 Å². The van der Waals surface area contributed by atoms with Crippen molar-refractivity contribution in [3.8, 4) is 0 Å². The van der Waals surface area contributed by atoms with Crippen molar-refractivity contribution < 1.29 is 4.74 Å². The van der Waals surface area contributed by atoms with Crippen molar-refractivity contribution in [2.45, 2.75) is 52.1 Å². The number of fused-ring (bicyclic) bond motifs is 1. The number of aryl methyl sites for hydroxylation is 1. The van der Waals surface area contributed by atoms with E-state index in [0.29, 0.717) is 6.04 Å². The number of hydrogen-bond donors (Lipinski definition) is 0. The molecule has 0 spiro atoms. The molecule has 0 saturated carbocycles. The van der Waals surface area contributed by atoms with E-state index in [0.717, 1.165) is 26.2 Å². The average Bonchev–Trinajstić information content (AvgIpc) is 2.48. The molecule has 2 aliphatic rings. The van der Waals surface area contributed by atoms with Crippen molar-refractivity contribution in [3.05, 3.63) is 34.4 Å². The summed E-state index contributed by atoms with van der Waals surface area (Å²) in [6, 6.07) is 5.33. The molecular formula is C17H25NO. The largest absolute Gasteiger partial charge is 0.380 e. The second-order valence-electron chi connectivity index (χ2n) is 5.93. The molecule has 1 aromatic rings. The summed E-state index contributed by atoms with van der Waals surface area (Å²) in [7, 11) is 0. The van der Waals surface area contributed by atoms with Crippen LogP contribution >= 0.6 is 0 Å². The molecule has 104 valence electrons. The van der Waals surface area contributed by atoms with E-state index >= 15 is 0 Å². The Morgan fingerprint density at radius 3 is 3.00 bits per heavy atom. The van der Waals surface area contributed by atoms with Gasteiger partial charge in [0.15, 0.2) is 0 Å². The summed E-state index contributed by atoms with van der Waals surface area (Å²) in [5, 5.41) is 0. The summed E-state index contributed by atoms with van der Waals surface area (Å²) in [4.78, 5) is 2.63. The second-order valence-corrected chi connectivity index (χ2v) is 5.93. The zero-order valence-electron chi connectivity index (χ0n) is 12.2. The van der Waals surface area contributed by atoms with Gasteiger partial charge in [0, 0.05) is 25.7 Å². The first-order valence-electron chi connectivity index (χ1n) is 7.71. The molecule has 1 unspecified atom stereocenters. The van der Waals surface area contributed by atoms with Crippen LogP contribution < -0.4 is 0 Å². The first-order chi connectivity index (χ1) is 9.29. The van der Waals surface area contributed by atoms with E-state index < -0.39 is 0 Å². The molecule has 2 heterocycles. The summed E-state index contributed by atoms with van der Waals surface area (Å²) in [6.45, 7) is 8.77. The van der Waals surface area contributed by atoms with Gasteiger partial charge in [0.25, 0.3) is 0 Å². The van der Waals surface area contributed by atoms with Crippen molar-refractivity contribution in [2.24, 2.45) is 0 Å². The van der Waals surface area contributed by atoms with Crippen LogP contribution in [0.4, 0.5) is 0 Å². The van der Waals surface area contributed by atoms with E-state index in [1.807, 2.05) is 0 Å². The van der Waals surface area contributed by atoms with Gasteiger partial charge in [-0.1, -0.05) is 19.1 Å². The van der Waals surface area contributed by atoms with Gasteiger partial charge in [-0.25, -0.2) is 0 Å². The summed E-state index contributed by atoms with van der Waals surface area (Å²) >= 11 is 0. The van der Waals surface area contributed by atoms with Crippen molar-refractivity contribution in [1.82, 2.24) is 4.90 Å². The van der Waals surface area contributed by atoms with Crippen LogP contribution in [0, 0.1) is 6.92 Å². The molecule has 1 fully saturated rings. The quantitative estimate of drug-likeness (QED) is 0.809. The second kappa shape index (κ2) is 5.64. The highest BCUT2D eigenvalue weighted by Gasteiger charge is 2.26. The fourth-order valence-corrected chi connectivity index (χ4v) is 3.62. The first-order valence-corrected chi connectivity index (χ1v) is 7.71. The molecule has 2 heteroatoms. The maximum Gasteiger partial charge on any atom is 0.0621 e. The van der Waals surface area contributed by atoms with E-state index in [-0.39, 0.29) is 0 Å². The average molecular weight is 259 g/mol. The van der Waals surface area contributed by atoms with Crippen LogP contribution in [0.15, 0.2) is 12.1 Å². The van der Waals surface area contributed by atoms with E-state index in [1.165, 1.54) is 31.4 Å². The van der Waals surface area contributed by atoms with Crippen LogP contribution in [0.3, 0.4) is 0 Å². The third kappa shape index (κ3) is 2.56. The molecule has 2 nitrogen and oxygen atoms in total. The molecule has 2 aliphatic heterocycles. The Morgan fingerprint density at radius 1 is 1.37 bits per heavy atom. The molecule has 1 aromatic carbocycles. The van der Waals surface area contributed by atoms with Crippen molar-refractivity contribution in [3.63, 3.8) is 0 Å². The number of hydrogen-bond acceptors (Lipinski definition) is 2. The predicted octanol–water partition coefficient (Wildman–Crippen LogP) is 3.09. The molecule has 1 atom stereocenters. The zero-order chi connectivity index (χ0) is 13.2. The summed E-state index contributed by atoms with van der Waals surface area (Å²) in [5.74, 6) is 0. The molecule has 0 bridgehead atoms. The minimum absolute atomic E-state index is 0.646. The minimum atomic E-state index is 0.646. The monoisotopic (exact) mass is 259 g/mol. The summed E-state index contributed by atoms with van der Waals surface area (Å²) < 4.78 is 5.64. The molecule has 0 amide bonds. The highest BCUT2D eigenvalue weighted by Crippen LogP contribution is 2.27. The lowest BCUT2D eigenvalue weighted by molar-refractivity contribution is 0.0125. The fraction of sp³-hybridized carbons (Fsp3) is 0.647. The predicted molar refractivity (Wildman–Crippen MR) is 78.5 cm³/mol. The van der Waals surface area contributed by atoms with Gasteiger partial charge in [-0.3, -0.25) is 4.90 Å². The number of nitrogens with zero attached hydrogens (tertiary/aromatic N) is 1. The van der Waals surface area contributed by atoms with Gasteiger partial charge in [-0.2, -0.15) is 0 Å². The molecule has 0 radical (unpaired) electrons. The van der Waals surface area contributed by atoms with Gasteiger partial charge in [-0.05, 0) is 54.9 Å². The Morgan fingerprint density at radius 2 is 2.26 bits per heavy atom. The number of benzene rings is 1. The maximum atomic E-state index is 5.64. The Kier molecular flexibility index (Phi) is 3.90. The third-order valence-electron chi connectivity index (χ3n) is 4.86. The summed E-state index contributed by atoms with van der Waals surface area (Å²) in [6.07, 6.45) is 4.90. The normalized spacial score (nSPS) is 24.2. The molecule has 3 rings (SSSR count). The highest BCUT2D eigenvalue weighted by atomic mass is 16.5. The van der Waals surface area contributed by atoms with Gasteiger partial charge in [0.05, 0.1) is 6.61 Å². The van der Waals surface area contributed by atoms with Crippen molar-refractivity contribution in [1.29, 1.82) is 0 Å².